The van der Waals surface area contributed by atoms with E-state index in [1.165, 1.54) is 0 Å². The first kappa shape index (κ1) is 24.8. The lowest BCUT2D eigenvalue weighted by atomic mass is 9.95. The Balaban J connectivity index is 1.33. The maximum atomic E-state index is 12.9. The number of imide groups is 1. The van der Waals surface area contributed by atoms with Crippen LogP contribution in [0.3, 0.4) is 0 Å². The van der Waals surface area contributed by atoms with Crippen LogP contribution in [-0.4, -0.2) is 58.3 Å². The van der Waals surface area contributed by atoms with E-state index in [0.717, 1.165) is 22.4 Å². The summed E-state index contributed by atoms with van der Waals surface area (Å²) >= 11 is 0. The minimum atomic E-state index is -0.541. The topological polar surface area (TPSA) is 108 Å². The molecule has 0 bridgehead atoms. The lowest BCUT2D eigenvalue weighted by molar-refractivity contribution is -0.136. The number of rotatable bonds is 4. The molecule has 1 unspecified atom stereocenters. The molecule has 2 N–H and O–H groups in total. The van der Waals surface area contributed by atoms with Gasteiger partial charge in [-0.25, -0.2) is 4.79 Å². The first-order valence-corrected chi connectivity index (χ1v) is 12.2. The summed E-state index contributed by atoms with van der Waals surface area (Å²) in [5, 5.41) is 5.47. The van der Waals surface area contributed by atoms with Gasteiger partial charge < -0.3 is 19.9 Å². The largest absolute Gasteiger partial charge is 0.444 e. The number of hydrogen-bond donors (Lipinski definition) is 2. The molecule has 0 aromatic heterocycles. The van der Waals surface area contributed by atoms with Crippen LogP contribution in [0.1, 0.15) is 63.1 Å². The van der Waals surface area contributed by atoms with Crippen LogP contribution in [0.5, 0.6) is 0 Å². The van der Waals surface area contributed by atoms with E-state index in [4.69, 9.17) is 4.74 Å². The summed E-state index contributed by atoms with van der Waals surface area (Å²) in [6, 6.07) is 5.45. The van der Waals surface area contributed by atoms with Gasteiger partial charge in [-0.3, -0.25) is 19.7 Å². The Kier molecular flexibility index (Phi) is 6.87. The van der Waals surface area contributed by atoms with Gasteiger partial charge in [-0.15, -0.1) is 0 Å². The second kappa shape index (κ2) is 9.71. The van der Waals surface area contributed by atoms with Crippen molar-refractivity contribution in [3.05, 3.63) is 41.5 Å². The fourth-order valence-corrected chi connectivity index (χ4v) is 4.93. The van der Waals surface area contributed by atoms with E-state index >= 15 is 0 Å². The van der Waals surface area contributed by atoms with Crippen molar-refractivity contribution in [2.24, 2.45) is 5.92 Å². The number of nitrogens with one attached hydrogen (secondary N) is 2. The number of piperidine rings is 2. The molecule has 2 saturated heterocycles. The molecular weight excluding hydrogens is 448 g/mol. The maximum absolute atomic E-state index is 12.9. The molecule has 4 rings (SSSR count). The Labute approximate surface area is 205 Å². The van der Waals surface area contributed by atoms with E-state index in [1.54, 1.807) is 4.90 Å². The van der Waals surface area contributed by atoms with Crippen molar-refractivity contribution >= 4 is 29.5 Å². The summed E-state index contributed by atoms with van der Waals surface area (Å²) in [6.07, 6.45) is 1.63. The summed E-state index contributed by atoms with van der Waals surface area (Å²) < 4.78 is 5.43. The van der Waals surface area contributed by atoms with Gasteiger partial charge in [0.25, 0.3) is 0 Å². The highest BCUT2D eigenvalue weighted by Gasteiger charge is 2.37. The van der Waals surface area contributed by atoms with E-state index < -0.39 is 11.6 Å². The zero-order valence-corrected chi connectivity index (χ0v) is 20.7. The van der Waals surface area contributed by atoms with Gasteiger partial charge in [0, 0.05) is 49.8 Å². The van der Waals surface area contributed by atoms with Gasteiger partial charge in [-0.2, -0.15) is 0 Å². The first-order valence-electron chi connectivity index (χ1n) is 12.2. The third-order valence-electron chi connectivity index (χ3n) is 6.82. The Morgan fingerprint density at radius 3 is 2.54 bits per heavy atom. The van der Waals surface area contributed by atoms with Gasteiger partial charge >= 0.3 is 6.09 Å². The minimum Gasteiger partial charge on any atom is -0.444 e. The van der Waals surface area contributed by atoms with Crippen LogP contribution in [0.4, 0.5) is 4.79 Å². The zero-order chi connectivity index (χ0) is 25.3. The van der Waals surface area contributed by atoms with Gasteiger partial charge in [0.05, 0.1) is 0 Å². The molecule has 3 heterocycles. The van der Waals surface area contributed by atoms with Gasteiger partial charge in [-0.1, -0.05) is 24.8 Å². The molecule has 0 aliphatic carbocycles. The quantitative estimate of drug-likeness (QED) is 0.639. The zero-order valence-electron chi connectivity index (χ0n) is 20.7. The number of nitrogens with zero attached hydrogens (tertiary/aromatic N) is 2. The van der Waals surface area contributed by atoms with Gasteiger partial charge in [0.2, 0.25) is 17.7 Å². The molecule has 9 heteroatoms. The van der Waals surface area contributed by atoms with Gasteiger partial charge in [-0.05, 0) is 51.2 Å². The van der Waals surface area contributed by atoms with Crippen LogP contribution in [0.2, 0.25) is 0 Å². The molecule has 1 aromatic carbocycles. The maximum Gasteiger partial charge on any atom is 0.410 e. The Bertz CT molecular complexity index is 1050. The molecule has 35 heavy (non-hydrogen) atoms. The predicted octanol–water partition coefficient (Wildman–Crippen LogP) is 2.54. The molecule has 0 spiro atoms. The third-order valence-corrected chi connectivity index (χ3v) is 6.82. The normalized spacial score (nSPS) is 21.0. The van der Waals surface area contributed by atoms with Crippen molar-refractivity contribution in [1.29, 1.82) is 0 Å². The average molecular weight is 483 g/mol. The summed E-state index contributed by atoms with van der Waals surface area (Å²) in [7, 11) is 0. The SMILES string of the molecule is C=C1c2cccc(CNC(=O)C3CCN(C(=O)OC(C)(C)C)CC3)c2CN1C1CCC(=O)NC1=O. The molecule has 1 atom stereocenters. The van der Waals surface area contributed by atoms with Crippen LogP contribution >= 0.6 is 0 Å². The number of ether oxygens (including phenoxy) is 1. The van der Waals surface area contributed by atoms with Gasteiger partial charge in [0.15, 0.2) is 0 Å². The fraction of sp³-hybridized carbons (Fsp3) is 0.538. The summed E-state index contributed by atoms with van der Waals surface area (Å²) in [6.45, 7) is 11.6. The molecule has 3 aliphatic heterocycles. The lowest BCUT2D eigenvalue weighted by Crippen LogP contribution is -2.50. The number of amides is 4. The first-order chi connectivity index (χ1) is 16.5. The van der Waals surface area contributed by atoms with E-state index in [9.17, 15) is 19.2 Å². The molecule has 1 aromatic rings. The van der Waals surface area contributed by atoms with Crippen LogP contribution in [0.15, 0.2) is 24.8 Å². The van der Waals surface area contributed by atoms with Crippen molar-refractivity contribution in [1.82, 2.24) is 20.4 Å². The Morgan fingerprint density at radius 2 is 1.89 bits per heavy atom. The fourth-order valence-electron chi connectivity index (χ4n) is 4.93. The average Bonchev–Trinajstić information content (AvgIpc) is 3.13. The molecule has 2 fully saturated rings. The smallest absolute Gasteiger partial charge is 0.410 e. The number of benzene rings is 1. The van der Waals surface area contributed by atoms with Crippen LogP contribution in [0, 0.1) is 5.92 Å². The minimum absolute atomic E-state index is 0.0229. The molecule has 3 aliphatic rings. The Hall–Kier alpha value is -3.36. The molecule has 188 valence electrons. The van der Waals surface area contributed by atoms with E-state index in [2.05, 4.69) is 17.2 Å². The second-order valence-electron chi connectivity index (χ2n) is 10.4. The standard InChI is InChI=1S/C26H34N4O5/c1-16-19-7-5-6-18(20(19)15-30(16)21-8-9-22(31)28-24(21)33)14-27-23(32)17-10-12-29(13-11-17)25(34)35-26(2,3)4/h5-7,17,21H,1,8-15H2,2-4H3,(H,27,32)(H,28,31,33). The number of hydrogen-bond acceptors (Lipinski definition) is 6. The monoisotopic (exact) mass is 482 g/mol. The summed E-state index contributed by atoms with van der Waals surface area (Å²) in [5.74, 6) is -0.706. The molecule has 9 nitrogen and oxygen atoms in total. The molecule has 0 radical (unpaired) electrons. The highest BCUT2D eigenvalue weighted by atomic mass is 16.6. The Morgan fingerprint density at radius 1 is 1.17 bits per heavy atom. The summed E-state index contributed by atoms with van der Waals surface area (Å²) in [4.78, 5) is 52.7. The predicted molar refractivity (Wildman–Crippen MR) is 130 cm³/mol. The van der Waals surface area contributed by atoms with E-state index in [-0.39, 0.29) is 29.7 Å². The van der Waals surface area contributed by atoms with Gasteiger partial charge in [0.1, 0.15) is 11.6 Å². The highest BCUT2D eigenvalue weighted by molar-refractivity contribution is 6.01. The van der Waals surface area contributed by atoms with Crippen molar-refractivity contribution in [3.8, 4) is 0 Å². The molecular formula is C26H34N4O5. The van der Waals surface area contributed by atoms with E-state index in [0.29, 0.717) is 51.9 Å². The van der Waals surface area contributed by atoms with Crippen LogP contribution in [-0.2, 0) is 32.2 Å². The van der Waals surface area contributed by atoms with Crippen molar-refractivity contribution < 1.29 is 23.9 Å². The van der Waals surface area contributed by atoms with E-state index in [1.807, 2.05) is 43.9 Å². The van der Waals surface area contributed by atoms with Crippen molar-refractivity contribution in [2.45, 2.75) is 71.2 Å². The van der Waals surface area contributed by atoms with Crippen LogP contribution in [0.25, 0.3) is 5.70 Å². The lowest BCUT2D eigenvalue weighted by Gasteiger charge is -2.33. The third kappa shape index (κ3) is 5.49. The summed E-state index contributed by atoms with van der Waals surface area (Å²) in [5.41, 5.74) is 3.21. The van der Waals surface area contributed by atoms with Crippen LogP contribution < -0.4 is 10.6 Å². The molecule has 0 saturated carbocycles. The number of fused-ring (bicyclic) bond motifs is 1. The second-order valence-corrected chi connectivity index (χ2v) is 10.4. The van der Waals surface area contributed by atoms with Crippen molar-refractivity contribution in [3.63, 3.8) is 0 Å². The number of likely N-dealkylation sites (tertiary alicyclic amines) is 1. The molecule has 4 amide bonds. The number of carbonyl (C=O) groups excluding carboxylic acids is 4. The highest BCUT2D eigenvalue weighted by Crippen LogP contribution is 2.36. The van der Waals surface area contributed by atoms with Crippen molar-refractivity contribution in [2.75, 3.05) is 13.1 Å². The number of carbonyl (C=O) groups is 4.